The molecule has 0 atom stereocenters. The highest BCUT2D eigenvalue weighted by atomic mass is 79.9. The van der Waals surface area contributed by atoms with Crippen LogP contribution in [0.2, 0.25) is 0 Å². The maximum absolute atomic E-state index is 13.4. The zero-order chi connectivity index (χ0) is 63.0. The molecule has 2 amide bonds. The van der Waals surface area contributed by atoms with Crippen molar-refractivity contribution in [2.75, 3.05) is 77.4 Å². The molecule has 2 aliphatic carbocycles. The summed E-state index contributed by atoms with van der Waals surface area (Å²) in [5.41, 5.74) is 16.3. The van der Waals surface area contributed by atoms with Crippen LogP contribution in [0.4, 0.5) is 17.6 Å². The first-order valence-electron chi connectivity index (χ1n) is 31.9. The van der Waals surface area contributed by atoms with Gasteiger partial charge < -0.3 is 34.6 Å². The second-order valence-corrected chi connectivity index (χ2v) is 29.4. The first kappa shape index (κ1) is 63.8. The zero-order valence-corrected chi connectivity index (χ0v) is 56.2. The average Bonchev–Trinajstić information content (AvgIpc) is 1.70. The van der Waals surface area contributed by atoms with E-state index < -0.39 is 18.5 Å². The molecule has 6 fully saturated rings. The largest absolute Gasteiger partial charge is 0.372 e. The normalized spacial score (nSPS) is 23.0. The number of carbonyl (C=O) groups is 2. The van der Waals surface area contributed by atoms with E-state index in [1.54, 1.807) is 17.6 Å². The number of halogens is 5. The lowest BCUT2D eigenvalue weighted by molar-refractivity contribution is -0.188. The van der Waals surface area contributed by atoms with E-state index in [1.807, 2.05) is 36.6 Å². The number of morpholine rings is 2. The second kappa shape index (κ2) is 25.7. The van der Waals surface area contributed by atoms with Crippen LogP contribution >= 0.6 is 38.6 Å². The van der Waals surface area contributed by atoms with Crippen LogP contribution in [-0.2, 0) is 19.1 Å². The summed E-state index contributed by atoms with van der Waals surface area (Å²) < 4.78 is 63.1. The Balaban J connectivity index is 0.000000161. The Morgan fingerprint density at radius 1 is 0.629 bits per heavy atom. The van der Waals surface area contributed by atoms with Gasteiger partial charge in [0.25, 0.3) is 6.43 Å². The lowest BCUT2D eigenvalue weighted by Crippen LogP contribution is -2.62. The van der Waals surface area contributed by atoms with E-state index in [0.717, 1.165) is 101 Å². The number of likely N-dealkylation sites (tertiary alicyclic amines) is 2. The molecular weight excluding hydrogens is 1240 g/mol. The average molecular weight is 1330 g/mol. The molecule has 6 aliphatic rings. The number of piperidine rings is 2. The van der Waals surface area contributed by atoms with Gasteiger partial charge in [-0.05, 0) is 161 Å². The number of rotatable bonds is 11. The first-order chi connectivity index (χ1) is 42.6. The zero-order valence-electron chi connectivity index (χ0n) is 52.9. The maximum Gasteiger partial charge on any atom is 0.251 e. The summed E-state index contributed by atoms with van der Waals surface area (Å²) in [5.74, 6) is 2.28. The number of thiophene rings is 2. The maximum atomic E-state index is 13.4. The molecule has 89 heavy (non-hydrogen) atoms. The highest BCUT2D eigenvalue weighted by Gasteiger charge is 2.53. The van der Waals surface area contributed by atoms with Crippen LogP contribution in [0.15, 0.2) is 25.0 Å². The smallest absolute Gasteiger partial charge is 0.251 e. The summed E-state index contributed by atoms with van der Waals surface area (Å²) in [6.07, 6.45) is 9.93. The lowest BCUT2D eigenvalue weighted by atomic mass is 9.69. The number of pyridine rings is 2. The Kier molecular flexibility index (Phi) is 18.4. The van der Waals surface area contributed by atoms with Crippen molar-refractivity contribution in [2.45, 2.75) is 168 Å². The van der Waals surface area contributed by atoms with Gasteiger partial charge in [0, 0.05) is 108 Å². The van der Waals surface area contributed by atoms with Crippen LogP contribution < -0.4 is 5.32 Å². The number of aromatic amines is 2. The van der Waals surface area contributed by atoms with Crippen LogP contribution in [0.5, 0.6) is 0 Å². The lowest BCUT2D eigenvalue weighted by Gasteiger charge is -2.52. The molecule has 14 rings (SSSR count). The first-order valence-corrected chi connectivity index (χ1v) is 34.6. The van der Waals surface area contributed by atoms with Crippen LogP contribution in [-0.4, -0.2) is 167 Å². The second-order valence-electron chi connectivity index (χ2n) is 26.7. The third-order valence-corrected chi connectivity index (χ3v) is 23.6. The Labute approximate surface area is 534 Å². The van der Waals surface area contributed by atoms with Crippen molar-refractivity contribution in [2.24, 2.45) is 11.8 Å². The van der Waals surface area contributed by atoms with Crippen molar-refractivity contribution in [3.05, 3.63) is 79.3 Å². The summed E-state index contributed by atoms with van der Waals surface area (Å²) in [4.78, 5) is 54.6. The molecular formula is C66H85BrF4N12O4S2. The van der Waals surface area contributed by atoms with Crippen LogP contribution in [0.25, 0.3) is 54.2 Å². The predicted octanol–water partition coefficient (Wildman–Crippen LogP) is 13.5. The SMILES string of the molecule is Cc1c(-c2[nH]c3sc(C4CCN(C(=O)C5CC6(C5)CN(CC(F)F)CCO6)CC4)c(C)c3c2C(C)C)cn2ncnc2c1C.Cc1c(-c2[nH]c3sc(C4CCN(C(=O)C5CC6(CNCCO6)C5)CC4)c(C)c3c2C(C)C)cn2ncnc2c1C.FC(F)CBr. The number of nitrogens with zero attached hydrogens (tertiary/aromatic N) is 9. The monoisotopic (exact) mass is 1330 g/mol. The number of H-pyrrole nitrogens is 2. The van der Waals surface area contributed by atoms with E-state index in [4.69, 9.17) is 9.47 Å². The molecule has 0 bridgehead atoms. The fourth-order valence-corrected chi connectivity index (χ4v) is 18.3. The highest BCUT2D eigenvalue weighted by molar-refractivity contribution is 9.09. The molecule has 0 aromatic carbocycles. The standard InChI is InChI=1S/C33H42F2N6O2S.C31H40N6O2S.C2H3BrF2/c1-18(2)26-27-21(5)29(44-31(27)38-28(26)24-14-41-30(36-17-37-41)20(4)19(24)3)22-6-8-40(9-7-22)32(42)23-12-33(13-23)16-39(10-11-43-33)15-25(34)35;1-17(2)24-25-20(5)27(40-29(25)35-26(24)23-14-37-28(33-16-34-37)19(4)18(23)3)21-6-9-36(10-7-21)30(38)22-12-31(13-22)15-32-8-11-39-31;3-1-2(4)5/h14,17-18,22-23,25,38H,6-13,15-16H2,1-5H3;14,16-17,21-22,32,35H,6-13,15H2,1-5H3;2H,1H2. The van der Waals surface area contributed by atoms with E-state index in [-0.39, 0.29) is 35.2 Å². The van der Waals surface area contributed by atoms with Gasteiger partial charge in [-0.3, -0.25) is 14.5 Å². The van der Waals surface area contributed by atoms with Crippen molar-refractivity contribution in [3.8, 4) is 22.5 Å². The van der Waals surface area contributed by atoms with Gasteiger partial charge in [-0.1, -0.05) is 43.6 Å². The van der Waals surface area contributed by atoms with Crippen molar-refractivity contribution < 1.29 is 36.6 Å². The van der Waals surface area contributed by atoms with Gasteiger partial charge in [-0.2, -0.15) is 10.2 Å². The van der Waals surface area contributed by atoms with Gasteiger partial charge in [0.2, 0.25) is 18.2 Å². The number of fused-ring (bicyclic) bond motifs is 4. The molecule has 12 heterocycles. The minimum Gasteiger partial charge on any atom is -0.372 e. The number of hydrogen-bond acceptors (Lipinski definition) is 12. The Morgan fingerprint density at radius 2 is 1.07 bits per heavy atom. The molecule has 3 N–H and O–H groups in total. The summed E-state index contributed by atoms with van der Waals surface area (Å²) in [7, 11) is 0. The van der Waals surface area contributed by atoms with Gasteiger partial charge in [-0.25, -0.2) is 36.6 Å². The van der Waals surface area contributed by atoms with Gasteiger partial charge >= 0.3 is 0 Å². The number of aryl methyl sites for hydroxylation is 4. The number of alkyl halides is 5. The van der Waals surface area contributed by atoms with Gasteiger partial charge in [0.15, 0.2) is 11.3 Å². The Morgan fingerprint density at radius 3 is 1.47 bits per heavy atom. The van der Waals surface area contributed by atoms with E-state index >= 15 is 0 Å². The summed E-state index contributed by atoms with van der Waals surface area (Å²) in [5, 5.41) is 14.8. The van der Waals surface area contributed by atoms with Crippen LogP contribution in [0, 0.1) is 53.4 Å². The Bertz CT molecular complexity index is 3880. The molecule has 0 unspecified atom stereocenters. The number of carbonyl (C=O) groups excluding carboxylic acids is 2. The molecule has 2 saturated carbocycles. The fourth-order valence-electron chi connectivity index (χ4n) is 15.5. The molecule has 4 aliphatic heterocycles. The molecule has 8 aromatic heterocycles. The van der Waals surface area contributed by atoms with Crippen molar-refractivity contribution in [3.63, 3.8) is 0 Å². The van der Waals surface area contributed by atoms with Crippen LogP contribution in [0.3, 0.4) is 0 Å². The topological polar surface area (TPSA) is 166 Å². The third kappa shape index (κ3) is 12.1. The summed E-state index contributed by atoms with van der Waals surface area (Å²) >= 11 is 6.36. The number of aromatic nitrogens is 8. The molecule has 0 radical (unpaired) electrons. The third-order valence-electron chi connectivity index (χ3n) is 20.4. The number of amides is 2. The van der Waals surface area contributed by atoms with Gasteiger partial charge in [-0.15, -0.1) is 22.7 Å². The number of nitrogens with one attached hydrogen (secondary N) is 3. The summed E-state index contributed by atoms with van der Waals surface area (Å²) in [6, 6.07) is 0. The predicted molar refractivity (Wildman–Crippen MR) is 348 cm³/mol. The highest BCUT2D eigenvalue weighted by Crippen LogP contribution is 2.51. The Hall–Kier alpha value is -5.30. The molecule has 16 nitrogen and oxygen atoms in total. The number of hydrogen-bond donors (Lipinski definition) is 3. The van der Waals surface area contributed by atoms with Gasteiger partial charge in [0.1, 0.15) is 22.3 Å². The van der Waals surface area contributed by atoms with E-state index in [9.17, 15) is 27.2 Å². The minimum absolute atomic E-state index is 0.0597. The van der Waals surface area contributed by atoms with Crippen LogP contribution in [0.1, 0.15) is 157 Å². The van der Waals surface area contributed by atoms with Crippen molar-refractivity contribution in [1.82, 2.24) is 59.2 Å². The summed E-state index contributed by atoms with van der Waals surface area (Å²) in [6.45, 7) is 29.4. The molecule has 480 valence electrons. The van der Waals surface area contributed by atoms with E-state index in [0.29, 0.717) is 62.1 Å². The fraction of sp³-hybridized carbons (Fsp3) is 0.606. The van der Waals surface area contributed by atoms with Crippen molar-refractivity contribution >= 4 is 82.1 Å². The molecule has 4 saturated heterocycles. The molecule has 23 heteroatoms. The van der Waals surface area contributed by atoms with E-state index in [1.165, 1.54) is 91.6 Å². The molecule has 8 aromatic rings. The minimum atomic E-state index is -2.34. The number of ether oxygens (including phenoxy) is 2. The quantitative estimate of drug-likeness (QED) is 0.0838. The van der Waals surface area contributed by atoms with E-state index in [2.05, 4.69) is 138 Å². The molecule has 2 spiro atoms. The van der Waals surface area contributed by atoms with Gasteiger partial charge in [0.05, 0.1) is 47.7 Å². The van der Waals surface area contributed by atoms with Crippen molar-refractivity contribution in [1.29, 1.82) is 0 Å².